The highest BCUT2D eigenvalue weighted by Crippen LogP contribution is 2.35. The molecule has 4 heteroatoms. The quantitative estimate of drug-likeness (QED) is 0.936. The van der Waals surface area contributed by atoms with Crippen LogP contribution in [0, 0.1) is 0 Å². The van der Waals surface area contributed by atoms with Crippen LogP contribution in [0.2, 0.25) is 0 Å². The molecule has 0 bridgehead atoms. The SMILES string of the molecule is CC(C)NC1C(=O)c2ccccc2OC1c1ccccc1.Cl. The van der Waals surface area contributed by atoms with E-state index in [0.717, 1.165) is 5.56 Å². The first-order chi connectivity index (χ1) is 10.2. The van der Waals surface area contributed by atoms with Crippen molar-refractivity contribution in [1.29, 1.82) is 0 Å². The number of para-hydroxylation sites is 1. The highest BCUT2D eigenvalue weighted by atomic mass is 35.5. The van der Waals surface area contributed by atoms with Crippen LogP contribution in [0.1, 0.15) is 35.9 Å². The van der Waals surface area contributed by atoms with E-state index in [1.54, 1.807) is 0 Å². The first-order valence-electron chi connectivity index (χ1n) is 7.27. The molecule has 22 heavy (non-hydrogen) atoms. The van der Waals surface area contributed by atoms with E-state index in [1.807, 2.05) is 68.4 Å². The molecule has 1 aliphatic heterocycles. The number of ether oxygens (including phenoxy) is 1. The Labute approximate surface area is 137 Å². The van der Waals surface area contributed by atoms with E-state index < -0.39 is 0 Å². The van der Waals surface area contributed by atoms with Gasteiger partial charge in [0.2, 0.25) is 0 Å². The summed E-state index contributed by atoms with van der Waals surface area (Å²) >= 11 is 0. The molecular formula is C18H20ClNO2. The van der Waals surface area contributed by atoms with Gasteiger partial charge in [-0.3, -0.25) is 4.79 Å². The molecule has 2 unspecified atom stereocenters. The maximum Gasteiger partial charge on any atom is 0.187 e. The summed E-state index contributed by atoms with van der Waals surface area (Å²) in [4.78, 5) is 12.8. The Morgan fingerprint density at radius 3 is 2.32 bits per heavy atom. The molecule has 0 fully saturated rings. The normalized spacial score (nSPS) is 20.0. The van der Waals surface area contributed by atoms with Crippen molar-refractivity contribution in [3.05, 3.63) is 65.7 Å². The lowest BCUT2D eigenvalue weighted by atomic mass is 9.91. The average Bonchev–Trinajstić information content (AvgIpc) is 2.50. The fourth-order valence-corrected chi connectivity index (χ4v) is 2.71. The predicted octanol–water partition coefficient (Wildman–Crippen LogP) is 3.79. The highest BCUT2D eigenvalue weighted by molar-refractivity contribution is 6.03. The van der Waals surface area contributed by atoms with Crippen molar-refractivity contribution in [2.24, 2.45) is 0 Å². The van der Waals surface area contributed by atoms with Gasteiger partial charge in [-0.05, 0) is 17.7 Å². The van der Waals surface area contributed by atoms with Crippen LogP contribution in [-0.2, 0) is 0 Å². The van der Waals surface area contributed by atoms with Crippen LogP contribution in [0.4, 0.5) is 0 Å². The molecule has 116 valence electrons. The number of hydrogen-bond acceptors (Lipinski definition) is 3. The summed E-state index contributed by atoms with van der Waals surface area (Å²) in [7, 11) is 0. The van der Waals surface area contributed by atoms with Gasteiger partial charge < -0.3 is 10.1 Å². The van der Waals surface area contributed by atoms with E-state index in [2.05, 4.69) is 5.32 Å². The number of benzene rings is 2. The van der Waals surface area contributed by atoms with Crippen molar-refractivity contribution in [1.82, 2.24) is 5.32 Å². The number of nitrogens with one attached hydrogen (secondary N) is 1. The largest absolute Gasteiger partial charge is 0.483 e. The maximum absolute atomic E-state index is 12.8. The summed E-state index contributed by atoms with van der Waals surface area (Å²) in [5.74, 6) is 0.762. The number of rotatable bonds is 3. The van der Waals surface area contributed by atoms with Crippen molar-refractivity contribution in [3.63, 3.8) is 0 Å². The zero-order chi connectivity index (χ0) is 14.8. The monoisotopic (exact) mass is 317 g/mol. The molecule has 0 radical (unpaired) electrons. The van der Waals surface area contributed by atoms with Crippen molar-refractivity contribution in [3.8, 4) is 5.75 Å². The summed E-state index contributed by atoms with van der Waals surface area (Å²) < 4.78 is 6.12. The molecule has 3 nitrogen and oxygen atoms in total. The van der Waals surface area contributed by atoms with Gasteiger partial charge in [0.1, 0.15) is 17.9 Å². The summed E-state index contributed by atoms with van der Waals surface area (Å²) in [5, 5.41) is 3.35. The molecule has 0 aliphatic carbocycles. The Morgan fingerprint density at radius 1 is 1.00 bits per heavy atom. The second kappa shape index (κ2) is 6.95. The number of carbonyl (C=O) groups is 1. The van der Waals surface area contributed by atoms with E-state index in [0.29, 0.717) is 11.3 Å². The third-order valence-corrected chi connectivity index (χ3v) is 3.63. The van der Waals surface area contributed by atoms with Crippen LogP contribution in [0.25, 0.3) is 0 Å². The molecule has 0 aromatic heterocycles. The molecule has 0 saturated carbocycles. The molecule has 0 saturated heterocycles. The highest BCUT2D eigenvalue weighted by Gasteiger charge is 2.38. The number of hydrogen-bond donors (Lipinski definition) is 1. The Bertz CT molecular complexity index is 643. The lowest BCUT2D eigenvalue weighted by Crippen LogP contribution is -2.49. The van der Waals surface area contributed by atoms with E-state index in [-0.39, 0.29) is 36.4 Å². The predicted molar refractivity (Wildman–Crippen MR) is 89.9 cm³/mol. The Kier molecular flexibility index (Phi) is 5.22. The Hall–Kier alpha value is -1.84. The fraction of sp³-hybridized carbons (Fsp3) is 0.278. The molecule has 1 N–H and O–H groups in total. The number of halogens is 1. The summed E-state index contributed by atoms with van der Waals surface area (Å²) in [6.45, 7) is 4.08. The van der Waals surface area contributed by atoms with Gasteiger partial charge in [-0.15, -0.1) is 12.4 Å². The first kappa shape index (κ1) is 16.5. The summed E-state index contributed by atoms with van der Waals surface area (Å²) in [5.41, 5.74) is 1.67. The van der Waals surface area contributed by atoms with E-state index in [9.17, 15) is 4.79 Å². The second-order valence-corrected chi connectivity index (χ2v) is 5.61. The third-order valence-electron chi connectivity index (χ3n) is 3.63. The van der Waals surface area contributed by atoms with Crippen molar-refractivity contribution < 1.29 is 9.53 Å². The molecule has 2 aromatic carbocycles. The Morgan fingerprint density at radius 2 is 1.64 bits per heavy atom. The molecular weight excluding hydrogens is 298 g/mol. The smallest absolute Gasteiger partial charge is 0.187 e. The lowest BCUT2D eigenvalue weighted by Gasteiger charge is -2.34. The summed E-state index contributed by atoms with van der Waals surface area (Å²) in [6.07, 6.45) is -0.295. The molecule has 1 aliphatic rings. The van der Waals surface area contributed by atoms with Crippen LogP contribution in [0.5, 0.6) is 5.75 Å². The van der Waals surface area contributed by atoms with Crippen LogP contribution in [0.15, 0.2) is 54.6 Å². The van der Waals surface area contributed by atoms with Gasteiger partial charge in [0.15, 0.2) is 5.78 Å². The van der Waals surface area contributed by atoms with Crippen LogP contribution >= 0.6 is 12.4 Å². The topological polar surface area (TPSA) is 38.3 Å². The number of ketones is 1. The van der Waals surface area contributed by atoms with Crippen molar-refractivity contribution in [2.75, 3.05) is 0 Å². The van der Waals surface area contributed by atoms with Crippen LogP contribution < -0.4 is 10.1 Å². The average molecular weight is 318 g/mol. The van der Waals surface area contributed by atoms with Gasteiger partial charge in [0, 0.05) is 6.04 Å². The van der Waals surface area contributed by atoms with Gasteiger partial charge >= 0.3 is 0 Å². The fourth-order valence-electron chi connectivity index (χ4n) is 2.71. The molecule has 0 amide bonds. The first-order valence-corrected chi connectivity index (χ1v) is 7.27. The van der Waals surface area contributed by atoms with Gasteiger partial charge in [-0.1, -0.05) is 56.3 Å². The van der Waals surface area contributed by atoms with Crippen LogP contribution in [-0.4, -0.2) is 17.9 Å². The van der Waals surface area contributed by atoms with Crippen LogP contribution in [0.3, 0.4) is 0 Å². The molecule has 3 rings (SSSR count). The van der Waals surface area contributed by atoms with Gasteiger partial charge in [-0.2, -0.15) is 0 Å². The Balaban J connectivity index is 0.00000176. The van der Waals surface area contributed by atoms with E-state index >= 15 is 0 Å². The van der Waals surface area contributed by atoms with Gasteiger partial charge in [-0.25, -0.2) is 0 Å². The standard InChI is InChI=1S/C18H19NO2.ClH/c1-12(2)19-16-17(20)14-10-6-7-11-15(14)21-18(16)13-8-4-3-5-9-13;/h3-12,16,18-19H,1-2H3;1H. The maximum atomic E-state index is 12.8. The van der Waals surface area contributed by atoms with Gasteiger partial charge in [0.05, 0.1) is 5.56 Å². The molecule has 2 aromatic rings. The minimum absolute atomic E-state index is 0. The van der Waals surface area contributed by atoms with Crippen molar-refractivity contribution in [2.45, 2.75) is 32.0 Å². The van der Waals surface area contributed by atoms with Gasteiger partial charge in [0.25, 0.3) is 0 Å². The minimum atomic E-state index is -0.359. The van der Waals surface area contributed by atoms with E-state index in [1.165, 1.54) is 0 Å². The number of carbonyl (C=O) groups excluding carboxylic acids is 1. The molecule has 2 atom stereocenters. The zero-order valence-electron chi connectivity index (χ0n) is 12.7. The number of Topliss-reactive ketones (excluding diaryl/α,β-unsaturated/α-hetero) is 1. The lowest BCUT2D eigenvalue weighted by molar-refractivity contribution is 0.0721. The second-order valence-electron chi connectivity index (χ2n) is 5.61. The molecule has 1 heterocycles. The summed E-state index contributed by atoms with van der Waals surface area (Å²) in [6, 6.07) is 17.2. The third kappa shape index (κ3) is 3.16. The van der Waals surface area contributed by atoms with Crippen molar-refractivity contribution >= 4 is 18.2 Å². The molecule has 0 spiro atoms. The van der Waals surface area contributed by atoms with E-state index in [4.69, 9.17) is 4.74 Å². The minimum Gasteiger partial charge on any atom is -0.483 e. The zero-order valence-corrected chi connectivity index (χ0v) is 13.5. The number of fused-ring (bicyclic) bond motifs is 1.